The second kappa shape index (κ2) is 4.65. The Balaban J connectivity index is 2.33. The van der Waals surface area contributed by atoms with E-state index in [1.54, 1.807) is 23.0 Å². The predicted molar refractivity (Wildman–Crippen MR) is 73.5 cm³/mol. The van der Waals surface area contributed by atoms with E-state index in [2.05, 4.69) is 10.3 Å². The quantitative estimate of drug-likeness (QED) is 0.324. The summed E-state index contributed by atoms with van der Waals surface area (Å²) in [4.78, 5) is 0. The molecule has 3 aromatic rings. The monoisotopic (exact) mass is 270 g/mol. The lowest BCUT2D eigenvalue weighted by Gasteiger charge is -2.10. The fraction of sp³-hybridized carbons (Fsp3) is 0. The van der Waals surface area contributed by atoms with Gasteiger partial charge in [-0.25, -0.2) is 9.07 Å². The molecule has 3 rings (SSSR count). The molecule has 5 nitrogen and oxygen atoms in total. The highest BCUT2D eigenvalue weighted by Gasteiger charge is 2.16. The van der Waals surface area contributed by atoms with Crippen molar-refractivity contribution >= 4 is 16.7 Å². The molecule has 0 bridgehead atoms. The highest BCUT2D eigenvalue weighted by molar-refractivity contribution is 6.01. The number of oxime groups is 1. The molecular weight excluding hydrogens is 259 g/mol. The average molecular weight is 270 g/mol. The Labute approximate surface area is 113 Å². The van der Waals surface area contributed by atoms with Crippen LogP contribution in [0.15, 0.2) is 53.8 Å². The number of benzene rings is 2. The average Bonchev–Trinajstić information content (AvgIpc) is 2.90. The highest BCUT2D eigenvalue weighted by Crippen LogP contribution is 2.22. The minimum Gasteiger partial charge on any atom is -0.409 e. The number of nitrogens with zero attached hydrogens (tertiary/aromatic N) is 3. The summed E-state index contributed by atoms with van der Waals surface area (Å²) in [7, 11) is 0. The smallest absolute Gasteiger partial charge is 0.175 e. The van der Waals surface area contributed by atoms with Crippen LogP contribution in [0.4, 0.5) is 4.39 Å². The molecule has 0 spiro atoms. The zero-order valence-corrected chi connectivity index (χ0v) is 10.4. The van der Waals surface area contributed by atoms with Crippen molar-refractivity contribution in [3.05, 3.63) is 60.0 Å². The van der Waals surface area contributed by atoms with Gasteiger partial charge in [-0.2, -0.15) is 5.10 Å². The Kier molecular flexibility index (Phi) is 2.83. The topological polar surface area (TPSA) is 76.4 Å². The molecule has 3 N–H and O–H groups in total. The molecule has 1 heterocycles. The van der Waals surface area contributed by atoms with Crippen LogP contribution in [0.5, 0.6) is 0 Å². The maximum atomic E-state index is 14.0. The van der Waals surface area contributed by atoms with Crippen molar-refractivity contribution in [2.24, 2.45) is 10.9 Å². The first-order chi connectivity index (χ1) is 9.72. The van der Waals surface area contributed by atoms with Gasteiger partial charge in [0.2, 0.25) is 0 Å². The van der Waals surface area contributed by atoms with Crippen LogP contribution in [0.2, 0.25) is 0 Å². The first-order valence-electron chi connectivity index (χ1n) is 5.92. The van der Waals surface area contributed by atoms with Crippen molar-refractivity contribution < 1.29 is 9.60 Å². The number of nitrogens with two attached hydrogens (primary N) is 1. The zero-order chi connectivity index (χ0) is 14.1. The molecule has 0 fully saturated rings. The van der Waals surface area contributed by atoms with Crippen LogP contribution < -0.4 is 5.73 Å². The molecule has 2 aromatic carbocycles. The summed E-state index contributed by atoms with van der Waals surface area (Å²) in [5, 5.41) is 16.9. The standard InChI is InChI=1S/C14H11FN4O/c15-10-5-3-7-12(13(10)14(16)18-20)19-11-6-2-1-4-9(11)8-17-19/h1-8,20H,(H2,16,18). The lowest BCUT2D eigenvalue weighted by molar-refractivity contribution is 0.318. The number of fused-ring (bicyclic) bond motifs is 1. The summed E-state index contributed by atoms with van der Waals surface area (Å²) in [5.41, 5.74) is 6.81. The van der Waals surface area contributed by atoms with E-state index in [1.165, 1.54) is 6.07 Å². The molecular formula is C14H11FN4O. The van der Waals surface area contributed by atoms with Crippen LogP contribution in [0, 0.1) is 5.82 Å². The second-order valence-electron chi connectivity index (χ2n) is 4.23. The van der Waals surface area contributed by atoms with Crippen molar-refractivity contribution in [1.82, 2.24) is 9.78 Å². The number of para-hydroxylation sites is 1. The number of rotatable bonds is 2. The van der Waals surface area contributed by atoms with Gasteiger partial charge >= 0.3 is 0 Å². The van der Waals surface area contributed by atoms with E-state index >= 15 is 0 Å². The molecule has 1 aromatic heterocycles. The van der Waals surface area contributed by atoms with Crippen molar-refractivity contribution in [1.29, 1.82) is 0 Å². The molecule has 0 saturated carbocycles. The molecule has 6 heteroatoms. The molecule has 0 aliphatic heterocycles. The van der Waals surface area contributed by atoms with Crippen molar-refractivity contribution in [2.45, 2.75) is 0 Å². The minimum absolute atomic E-state index is 0.0175. The molecule has 0 radical (unpaired) electrons. The van der Waals surface area contributed by atoms with E-state index < -0.39 is 5.82 Å². The SMILES string of the molecule is NC(=NO)c1c(F)cccc1-n1ncc2ccccc21. The third-order valence-electron chi connectivity index (χ3n) is 3.06. The molecule has 100 valence electrons. The van der Waals surface area contributed by atoms with Crippen LogP contribution >= 0.6 is 0 Å². The fourth-order valence-electron chi connectivity index (χ4n) is 2.16. The van der Waals surface area contributed by atoms with Crippen molar-refractivity contribution in [2.75, 3.05) is 0 Å². The lowest BCUT2D eigenvalue weighted by atomic mass is 10.1. The number of hydrogen-bond acceptors (Lipinski definition) is 3. The second-order valence-corrected chi connectivity index (χ2v) is 4.23. The van der Waals surface area contributed by atoms with E-state index in [0.717, 1.165) is 10.9 Å². The minimum atomic E-state index is -0.572. The van der Waals surface area contributed by atoms with Crippen molar-refractivity contribution in [3.63, 3.8) is 0 Å². The van der Waals surface area contributed by atoms with E-state index in [1.807, 2.05) is 24.3 Å². The number of halogens is 1. The maximum absolute atomic E-state index is 14.0. The van der Waals surface area contributed by atoms with Crippen LogP contribution in [0.25, 0.3) is 16.6 Å². The fourth-order valence-corrected chi connectivity index (χ4v) is 2.16. The molecule has 0 atom stereocenters. The third kappa shape index (κ3) is 1.78. The van der Waals surface area contributed by atoms with E-state index in [9.17, 15) is 4.39 Å². The molecule has 0 unspecified atom stereocenters. The molecule has 0 amide bonds. The summed E-state index contributed by atoms with van der Waals surface area (Å²) < 4.78 is 15.5. The largest absolute Gasteiger partial charge is 0.409 e. The molecule has 0 aliphatic rings. The van der Waals surface area contributed by atoms with Gasteiger partial charge in [-0.1, -0.05) is 29.4 Å². The van der Waals surface area contributed by atoms with Gasteiger partial charge in [0.05, 0.1) is 23.0 Å². The van der Waals surface area contributed by atoms with Gasteiger partial charge in [0, 0.05) is 5.39 Å². The first kappa shape index (κ1) is 12.2. The van der Waals surface area contributed by atoms with Gasteiger partial charge in [0.25, 0.3) is 0 Å². The Bertz CT molecular complexity index is 810. The van der Waals surface area contributed by atoms with Gasteiger partial charge < -0.3 is 10.9 Å². The third-order valence-corrected chi connectivity index (χ3v) is 3.06. The first-order valence-corrected chi connectivity index (χ1v) is 5.92. The van der Waals surface area contributed by atoms with Crippen LogP contribution in [0.3, 0.4) is 0 Å². The summed E-state index contributed by atoms with van der Waals surface area (Å²) in [6, 6.07) is 12.0. The predicted octanol–water partition coefficient (Wildman–Crippen LogP) is 2.26. The number of hydrogen-bond donors (Lipinski definition) is 2. The Morgan fingerprint density at radius 3 is 2.80 bits per heavy atom. The van der Waals surface area contributed by atoms with Gasteiger partial charge in [-0.15, -0.1) is 0 Å². The van der Waals surface area contributed by atoms with Crippen LogP contribution in [-0.2, 0) is 0 Å². The van der Waals surface area contributed by atoms with Gasteiger partial charge in [0.15, 0.2) is 5.84 Å². The van der Waals surface area contributed by atoms with Crippen LogP contribution in [0.1, 0.15) is 5.56 Å². The number of amidine groups is 1. The Morgan fingerprint density at radius 2 is 2.00 bits per heavy atom. The molecule has 20 heavy (non-hydrogen) atoms. The molecule has 0 saturated heterocycles. The lowest BCUT2D eigenvalue weighted by Crippen LogP contribution is -2.18. The van der Waals surface area contributed by atoms with E-state index in [-0.39, 0.29) is 11.4 Å². The van der Waals surface area contributed by atoms with Gasteiger partial charge in [-0.05, 0) is 18.2 Å². The van der Waals surface area contributed by atoms with E-state index in [4.69, 9.17) is 10.9 Å². The van der Waals surface area contributed by atoms with Gasteiger partial charge in [-0.3, -0.25) is 0 Å². The molecule has 0 aliphatic carbocycles. The normalized spacial score (nSPS) is 11.9. The van der Waals surface area contributed by atoms with Crippen LogP contribution in [-0.4, -0.2) is 20.8 Å². The zero-order valence-electron chi connectivity index (χ0n) is 10.4. The van der Waals surface area contributed by atoms with Gasteiger partial charge in [0.1, 0.15) is 5.82 Å². The van der Waals surface area contributed by atoms with E-state index in [0.29, 0.717) is 5.69 Å². The summed E-state index contributed by atoms with van der Waals surface area (Å²) in [6.45, 7) is 0. The maximum Gasteiger partial charge on any atom is 0.175 e. The van der Waals surface area contributed by atoms with Crippen molar-refractivity contribution in [3.8, 4) is 5.69 Å². The number of aromatic nitrogens is 2. The summed E-state index contributed by atoms with van der Waals surface area (Å²) >= 11 is 0. The highest BCUT2D eigenvalue weighted by atomic mass is 19.1. The summed E-state index contributed by atoms with van der Waals surface area (Å²) in [6.07, 6.45) is 1.68. The summed E-state index contributed by atoms with van der Waals surface area (Å²) in [5.74, 6) is -0.866. The Morgan fingerprint density at radius 1 is 1.20 bits per heavy atom. The Hall–Kier alpha value is -2.89.